The molecule has 3 heteroatoms. The van der Waals surface area contributed by atoms with Gasteiger partial charge in [-0.05, 0) is 0 Å². The molecule has 0 rings (SSSR count). The van der Waals surface area contributed by atoms with Crippen LogP contribution in [-0.4, -0.2) is 9.81 Å². The molecule has 5 heavy (non-hydrogen) atoms. The van der Waals surface area contributed by atoms with Crippen LogP contribution in [0.4, 0.5) is 0 Å². The third-order valence-electron chi connectivity index (χ3n) is 0. The van der Waals surface area contributed by atoms with Crippen LogP contribution in [0.2, 0.25) is 0 Å². The summed E-state index contributed by atoms with van der Waals surface area (Å²) in [4.78, 5) is 6.79. The van der Waals surface area contributed by atoms with E-state index in [0.29, 0.717) is 0 Å². The quantitative estimate of drug-likeness (QED) is 0.568. The molecule has 0 aliphatic heterocycles. The van der Waals surface area contributed by atoms with E-state index in [1.54, 1.807) is 0 Å². The van der Waals surface area contributed by atoms with Gasteiger partial charge >= 0.3 is 34.0 Å². The first-order valence-electron chi connectivity index (χ1n) is 0.812. The molecule has 36 valence electrons. The Kier molecular flexibility index (Phi) is 1.29. The molecule has 0 radical (unpaired) electrons. The Balaban J connectivity index is 4.06. The molecule has 0 aliphatic carbocycles. The number of nitrogens with two attached hydrogens (primary N) is 2. The summed E-state index contributed by atoms with van der Waals surface area (Å²) in [6, 6.07) is 0. The molecule has 2 nitrogen and oxygen atoms in total. The van der Waals surface area contributed by atoms with E-state index in [2.05, 4.69) is 9.81 Å². The van der Waals surface area contributed by atoms with Gasteiger partial charge in [-0.3, -0.25) is 0 Å². The van der Waals surface area contributed by atoms with E-state index in [9.17, 15) is 0 Å². The average molecular weight is 255 g/mol. The fraction of sp³-hybridized carbons (Fsp3) is 0. The maximum atomic E-state index is 5.09. The second kappa shape index (κ2) is 1.21. The molecule has 0 spiro atoms. The second-order valence-corrected chi connectivity index (χ2v) is 6.38. The van der Waals surface area contributed by atoms with Gasteiger partial charge in [-0.25, -0.2) is 0 Å². The molecule has 0 fully saturated rings. The van der Waals surface area contributed by atoms with Gasteiger partial charge in [0.05, 0.1) is 0 Å². The van der Waals surface area contributed by atoms with E-state index < -0.39 is 15.6 Å². The molecule has 0 aliphatic rings. The Labute approximate surface area is 34.6 Å². The van der Waals surface area contributed by atoms with E-state index in [1.807, 2.05) is 0 Å². The predicted molar refractivity (Wildman–Crippen MR) is 22.6 cm³/mol. The molecular formula is C2H8N2Pt. The van der Waals surface area contributed by atoms with Crippen LogP contribution in [0.1, 0.15) is 0 Å². The van der Waals surface area contributed by atoms with Crippen molar-refractivity contribution in [1.29, 1.82) is 0 Å². The average Bonchev–Trinajstić information content (AvgIpc) is 0.722. The van der Waals surface area contributed by atoms with Gasteiger partial charge in [-0.1, -0.05) is 0 Å². The number of hydrogen-bond donors (Lipinski definition) is 2. The summed E-state index contributed by atoms with van der Waals surface area (Å²) in [5.74, 6) is 0. The predicted octanol–water partition coefficient (Wildman–Crippen LogP) is -1.25. The van der Waals surface area contributed by atoms with Crippen molar-refractivity contribution in [2.45, 2.75) is 0 Å². The van der Waals surface area contributed by atoms with E-state index in [-0.39, 0.29) is 0 Å². The Morgan fingerprint density at radius 2 is 1.20 bits per heavy atom. The summed E-state index contributed by atoms with van der Waals surface area (Å²) >= 11 is -2.44. The molecule has 0 aromatic carbocycles. The van der Waals surface area contributed by atoms with Gasteiger partial charge in [-0.15, -0.1) is 0 Å². The topological polar surface area (TPSA) is 52.0 Å². The third-order valence-corrected chi connectivity index (χ3v) is 0. The molecule has 0 atom stereocenters. The zero-order chi connectivity index (χ0) is 4.50. The number of rotatable bonds is 0. The molecule has 0 heterocycles. The molecule has 0 unspecified atom stereocenters. The molecule has 0 aromatic heterocycles. The summed E-state index contributed by atoms with van der Waals surface area (Å²) in [6.45, 7) is 0. The van der Waals surface area contributed by atoms with Crippen LogP contribution in [0, 0.1) is 0 Å². The number of hydrogen-bond acceptors (Lipinski definition) is 2. The van der Waals surface area contributed by atoms with Crippen molar-refractivity contribution in [2.75, 3.05) is 0 Å². The normalized spacial score (nSPS) is 14.8. The van der Waals surface area contributed by atoms with Gasteiger partial charge in [0, 0.05) is 0 Å². The third kappa shape index (κ3) is 198. The van der Waals surface area contributed by atoms with Crippen LogP contribution >= 0.6 is 0 Å². The summed E-state index contributed by atoms with van der Waals surface area (Å²) in [5.41, 5.74) is 0. The van der Waals surface area contributed by atoms with Gasteiger partial charge < -0.3 is 0 Å². The van der Waals surface area contributed by atoms with Crippen LogP contribution in [0.15, 0.2) is 0 Å². The molecule has 0 amide bonds. The van der Waals surface area contributed by atoms with Crippen molar-refractivity contribution in [3.05, 3.63) is 0 Å². The first kappa shape index (κ1) is 5.35. The zero-order valence-electron chi connectivity index (χ0n) is 2.89. The van der Waals surface area contributed by atoms with Crippen LogP contribution < -0.4 is 8.58 Å². The Hall–Kier alpha value is 0.348. The Morgan fingerprint density at radius 3 is 1.20 bits per heavy atom. The summed E-state index contributed by atoms with van der Waals surface area (Å²) in [6.07, 6.45) is 0. The van der Waals surface area contributed by atoms with Crippen LogP contribution in [0.3, 0.4) is 0 Å². The minimum absolute atomic E-state index is 2.44. The van der Waals surface area contributed by atoms with E-state index >= 15 is 0 Å². The van der Waals surface area contributed by atoms with Crippen molar-refractivity contribution in [3.8, 4) is 0 Å². The van der Waals surface area contributed by atoms with E-state index in [4.69, 9.17) is 8.58 Å². The van der Waals surface area contributed by atoms with Gasteiger partial charge in [-0.2, -0.15) is 0 Å². The molecule has 4 N–H and O–H groups in total. The fourth-order valence-electron chi connectivity index (χ4n) is 0. The van der Waals surface area contributed by atoms with Crippen LogP contribution in [0.5, 0.6) is 0 Å². The summed E-state index contributed by atoms with van der Waals surface area (Å²) in [5, 5.41) is 0. The van der Waals surface area contributed by atoms with Crippen molar-refractivity contribution in [1.82, 2.24) is 0 Å². The molecule has 0 aromatic rings. The van der Waals surface area contributed by atoms with Gasteiger partial charge in [0.1, 0.15) is 0 Å². The molecule has 0 saturated heterocycles. The van der Waals surface area contributed by atoms with Crippen molar-refractivity contribution < 1.29 is 15.6 Å². The Morgan fingerprint density at radius 1 is 1.20 bits per heavy atom. The van der Waals surface area contributed by atoms with Crippen LogP contribution in [-0.2, 0) is 15.6 Å². The summed E-state index contributed by atoms with van der Waals surface area (Å²) in [7, 11) is 0. The molecule has 0 saturated carbocycles. The van der Waals surface area contributed by atoms with Crippen LogP contribution in [0.25, 0.3) is 0 Å². The molecule has 0 bridgehead atoms. The monoisotopic (exact) mass is 255 g/mol. The fourth-order valence-corrected chi connectivity index (χ4v) is 0. The first-order chi connectivity index (χ1) is 2.00. The van der Waals surface area contributed by atoms with E-state index in [1.165, 1.54) is 0 Å². The SMILES string of the molecule is [CH2]=[Pt](=[CH2])([NH2])[NH2]. The standard InChI is InChI=1S/2CH2.2H2N.Pt/h4*1H2;/q;;2*-1;+2. The second-order valence-electron chi connectivity index (χ2n) is 0.780. The van der Waals surface area contributed by atoms with E-state index in [0.717, 1.165) is 0 Å². The van der Waals surface area contributed by atoms with Crippen molar-refractivity contribution in [2.24, 2.45) is 8.58 Å². The summed E-state index contributed by atoms with van der Waals surface area (Å²) < 4.78 is 10.2. The van der Waals surface area contributed by atoms with Crippen molar-refractivity contribution in [3.63, 3.8) is 0 Å². The zero-order valence-corrected chi connectivity index (χ0v) is 5.16. The van der Waals surface area contributed by atoms with Gasteiger partial charge in [0.15, 0.2) is 0 Å². The Bertz CT molecular complexity index is 90.8. The van der Waals surface area contributed by atoms with Crippen molar-refractivity contribution >= 4 is 9.81 Å². The minimum atomic E-state index is -2.44. The van der Waals surface area contributed by atoms with Gasteiger partial charge in [0.25, 0.3) is 0 Å². The maximum absolute atomic E-state index is 5.09. The van der Waals surface area contributed by atoms with Gasteiger partial charge in [0.2, 0.25) is 0 Å². The molecular weight excluding hydrogens is 247 g/mol. The first-order valence-corrected chi connectivity index (χ1v) is 6.65.